The second kappa shape index (κ2) is 6.58. The van der Waals surface area contributed by atoms with Crippen molar-refractivity contribution in [2.24, 2.45) is 5.92 Å². The van der Waals surface area contributed by atoms with Crippen LogP contribution in [-0.4, -0.2) is 60.3 Å². The normalized spacial score (nSPS) is 21.7. The van der Waals surface area contributed by atoms with Gasteiger partial charge in [-0.1, -0.05) is 5.16 Å². The molecule has 0 atom stereocenters. The molecule has 0 aliphatic carbocycles. The van der Waals surface area contributed by atoms with Crippen LogP contribution in [0.25, 0.3) is 0 Å². The maximum Gasteiger partial charge on any atom is 0.225 e. The largest absolute Gasteiger partial charge is 0.378 e. The minimum absolute atomic E-state index is 0.177. The van der Waals surface area contributed by atoms with Crippen LogP contribution in [0, 0.1) is 12.8 Å². The van der Waals surface area contributed by atoms with E-state index < -0.39 is 0 Å². The molecule has 2 fully saturated rings. The van der Waals surface area contributed by atoms with Crippen molar-refractivity contribution < 1.29 is 14.1 Å². The molecule has 0 saturated carbocycles. The van der Waals surface area contributed by atoms with Crippen molar-refractivity contribution in [3.05, 3.63) is 17.5 Å². The molecule has 0 aromatic carbocycles. The van der Waals surface area contributed by atoms with E-state index in [0.29, 0.717) is 19.1 Å². The van der Waals surface area contributed by atoms with Gasteiger partial charge < -0.3 is 14.2 Å². The van der Waals surface area contributed by atoms with Gasteiger partial charge in [-0.05, 0) is 32.9 Å². The Labute approximate surface area is 125 Å². The van der Waals surface area contributed by atoms with Crippen LogP contribution in [0.15, 0.2) is 10.6 Å². The van der Waals surface area contributed by atoms with Gasteiger partial charge in [0.25, 0.3) is 0 Å². The first-order chi connectivity index (χ1) is 10.2. The summed E-state index contributed by atoms with van der Waals surface area (Å²) in [5.74, 6) is 1.40. The smallest absolute Gasteiger partial charge is 0.225 e. The first-order valence-electron chi connectivity index (χ1n) is 7.73. The van der Waals surface area contributed by atoms with Crippen LogP contribution >= 0.6 is 0 Å². The lowest BCUT2D eigenvalue weighted by atomic mass is 9.95. The first-order valence-corrected chi connectivity index (χ1v) is 7.73. The summed E-state index contributed by atoms with van der Waals surface area (Å²) in [5, 5.41) is 3.91. The van der Waals surface area contributed by atoms with Crippen molar-refractivity contribution >= 4 is 5.91 Å². The molecule has 2 saturated heterocycles. The maximum absolute atomic E-state index is 12.4. The molecule has 0 radical (unpaired) electrons. The van der Waals surface area contributed by atoms with Crippen molar-refractivity contribution in [3.63, 3.8) is 0 Å². The Balaban J connectivity index is 1.47. The number of aryl methyl sites for hydroxylation is 1. The van der Waals surface area contributed by atoms with E-state index in [9.17, 15) is 4.79 Å². The van der Waals surface area contributed by atoms with Gasteiger partial charge in [-0.25, -0.2) is 0 Å². The van der Waals surface area contributed by atoms with Gasteiger partial charge in [0.2, 0.25) is 5.91 Å². The van der Waals surface area contributed by atoms with E-state index in [1.807, 2.05) is 17.9 Å². The monoisotopic (exact) mass is 293 g/mol. The third-order valence-electron chi connectivity index (χ3n) is 4.32. The zero-order valence-corrected chi connectivity index (χ0v) is 12.6. The minimum Gasteiger partial charge on any atom is -0.378 e. The molecule has 0 spiro atoms. The Hall–Kier alpha value is -1.40. The fourth-order valence-corrected chi connectivity index (χ4v) is 3.09. The summed E-state index contributed by atoms with van der Waals surface area (Å²) in [5.41, 5.74) is 0.919. The summed E-state index contributed by atoms with van der Waals surface area (Å²) in [7, 11) is 0. The number of amides is 1. The SMILES string of the molecule is Cc1cc(CN2CCC(C(=O)N3CCOCC3)CC2)on1. The first kappa shape index (κ1) is 14.5. The Bertz CT molecular complexity index is 474. The quantitative estimate of drug-likeness (QED) is 0.834. The zero-order chi connectivity index (χ0) is 14.7. The van der Waals surface area contributed by atoms with Crippen molar-refractivity contribution in [1.82, 2.24) is 15.0 Å². The summed E-state index contributed by atoms with van der Waals surface area (Å²) < 4.78 is 10.6. The van der Waals surface area contributed by atoms with E-state index in [4.69, 9.17) is 9.26 Å². The molecule has 21 heavy (non-hydrogen) atoms. The summed E-state index contributed by atoms with van der Waals surface area (Å²) >= 11 is 0. The topological polar surface area (TPSA) is 58.8 Å². The van der Waals surface area contributed by atoms with E-state index in [1.54, 1.807) is 0 Å². The van der Waals surface area contributed by atoms with Gasteiger partial charge >= 0.3 is 0 Å². The van der Waals surface area contributed by atoms with Crippen LogP contribution in [0.1, 0.15) is 24.3 Å². The van der Waals surface area contributed by atoms with E-state index in [2.05, 4.69) is 10.1 Å². The number of piperidine rings is 1. The molecule has 1 aromatic heterocycles. The molecule has 3 heterocycles. The molecule has 2 aliphatic heterocycles. The predicted octanol–water partition coefficient (Wildman–Crippen LogP) is 1.05. The molecule has 1 amide bonds. The molecule has 6 nitrogen and oxygen atoms in total. The Morgan fingerprint density at radius 1 is 1.29 bits per heavy atom. The Morgan fingerprint density at radius 3 is 2.62 bits per heavy atom. The Kier molecular flexibility index (Phi) is 4.55. The minimum atomic E-state index is 0.177. The number of likely N-dealkylation sites (tertiary alicyclic amines) is 1. The summed E-state index contributed by atoms with van der Waals surface area (Å²) in [6, 6.07) is 1.98. The van der Waals surface area contributed by atoms with E-state index in [0.717, 1.165) is 57.0 Å². The number of morpholine rings is 1. The van der Waals surface area contributed by atoms with Gasteiger partial charge in [0.05, 0.1) is 25.5 Å². The molecular weight excluding hydrogens is 270 g/mol. The highest BCUT2D eigenvalue weighted by Crippen LogP contribution is 2.21. The molecule has 1 aromatic rings. The van der Waals surface area contributed by atoms with E-state index in [-0.39, 0.29) is 5.92 Å². The molecular formula is C15H23N3O3. The van der Waals surface area contributed by atoms with Crippen molar-refractivity contribution in [2.45, 2.75) is 26.3 Å². The lowest BCUT2D eigenvalue weighted by Crippen LogP contribution is -2.46. The highest BCUT2D eigenvalue weighted by molar-refractivity contribution is 5.79. The molecule has 0 bridgehead atoms. The molecule has 0 unspecified atom stereocenters. The van der Waals surface area contributed by atoms with Crippen molar-refractivity contribution in [2.75, 3.05) is 39.4 Å². The lowest BCUT2D eigenvalue weighted by molar-refractivity contribution is -0.141. The highest BCUT2D eigenvalue weighted by atomic mass is 16.5. The maximum atomic E-state index is 12.4. The van der Waals surface area contributed by atoms with E-state index >= 15 is 0 Å². The highest BCUT2D eigenvalue weighted by Gasteiger charge is 2.29. The van der Waals surface area contributed by atoms with Gasteiger partial charge in [0.15, 0.2) is 5.76 Å². The number of rotatable bonds is 3. The third kappa shape index (κ3) is 3.63. The summed E-state index contributed by atoms with van der Waals surface area (Å²) in [6.45, 7) is 7.46. The van der Waals surface area contributed by atoms with Crippen LogP contribution < -0.4 is 0 Å². The summed E-state index contributed by atoms with van der Waals surface area (Å²) in [4.78, 5) is 16.7. The standard InChI is InChI=1S/C15H23N3O3/c1-12-10-14(21-16-12)11-17-4-2-13(3-5-17)15(19)18-6-8-20-9-7-18/h10,13H,2-9,11H2,1H3. The van der Waals surface area contributed by atoms with Gasteiger partial charge in [0.1, 0.15) is 0 Å². The van der Waals surface area contributed by atoms with E-state index in [1.165, 1.54) is 0 Å². The van der Waals surface area contributed by atoms with Gasteiger partial charge in [-0.3, -0.25) is 9.69 Å². The lowest BCUT2D eigenvalue weighted by Gasteiger charge is -2.35. The fourth-order valence-electron chi connectivity index (χ4n) is 3.09. The van der Waals surface area contributed by atoms with Crippen molar-refractivity contribution in [1.29, 1.82) is 0 Å². The Morgan fingerprint density at radius 2 is 2.00 bits per heavy atom. The summed E-state index contributed by atoms with van der Waals surface area (Å²) in [6.07, 6.45) is 1.87. The van der Waals surface area contributed by atoms with Crippen molar-refractivity contribution in [3.8, 4) is 0 Å². The van der Waals surface area contributed by atoms with Gasteiger partial charge in [0, 0.05) is 25.1 Å². The van der Waals surface area contributed by atoms with Crippen LogP contribution in [0.3, 0.4) is 0 Å². The average molecular weight is 293 g/mol. The fraction of sp³-hybridized carbons (Fsp3) is 0.733. The zero-order valence-electron chi connectivity index (χ0n) is 12.6. The van der Waals surface area contributed by atoms with Crippen LogP contribution in [-0.2, 0) is 16.1 Å². The molecule has 2 aliphatic rings. The number of hydrogen-bond donors (Lipinski definition) is 0. The second-order valence-corrected chi connectivity index (χ2v) is 5.92. The number of ether oxygens (including phenoxy) is 1. The van der Waals surface area contributed by atoms with Crippen LogP contribution in [0.4, 0.5) is 0 Å². The molecule has 116 valence electrons. The number of carbonyl (C=O) groups excluding carboxylic acids is 1. The van der Waals surface area contributed by atoms with Crippen LogP contribution in [0.2, 0.25) is 0 Å². The number of carbonyl (C=O) groups is 1. The number of nitrogens with zero attached hydrogens (tertiary/aromatic N) is 3. The van der Waals surface area contributed by atoms with Gasteiger partial charge in [-0.2, -0.15) is 0 Å². The predicted molar refractivity (Wildman–Crippen MR) is 76.6 cm³/mol. The third-order valence-corrected chi connectivity index (χ3v) is 4.32. The molecule has 6 heteroatoms. The second-order valence-electron chi connectivity index (χ2n) is 5.92. The van der Waals surface area contributed by atoms with Gasteiger partial charge in [-0.15, -0.1) is 0 Å². The average Bonchev–Trinajstić information content (AvgIpc) is 2.93. The number of hydrogen-bond acceptors (Lipinski definition) is 5. The molecule has 3 rings (SSSR count). The van der Waals surface area contributed by atoms with Crippen LogP contribution in [0.5, 0.6) is 0 Å². The number of aromatic nitrogens is 1. The molecule has 0 N–H and O–H groups in total.